The molecule has 5 rings (SSSR count). The smallest absolute Gasteiger partial charge is 0.353 e. The number of thioether (sulfide) groups is 4. The van der Waals surface area contributed by atoms with Gasteiger partial charge in [0.25, 0.3) is 11.6 Å². The Balaban J connectivity index is 1.21. The maximum absolute atomic E-state index is 12.9. The summed E-state index contributed by atoms with van der Waals surface area (Å²) in [5.74, 6) is -1.41. The maximum Gasteiger partial charge on any atom is 0.353 e. The third-order valence-corrected chi connectivity index (χ3v) is 10.9. The predicted octanol–water partition coefficient (Wildman–Crippen LogP) is 2.10. The number of carboxylic acids is 1. The van der Waals surface area contributed by atoms with Gasteiger partial charge in [-0.1, -0.05) is 33.2 Å². The van der Waals surface area contributed by atoms with E-state index in [1.165, 1.54) is 58.9 Å². The van der Waals surface area contributed by atoms with Crippen molar-refractivity contribution in [1.29, 1.82) is 0 Å². The van der Waals surface area contributed by atoms with Crippen molar-refractivity contribution in [2.45, 2.75) is 21.5 Å². The van der Waals surface area contributed by atoms with E-state index in [4.69, 9.17) is 28.9 Å². The van der Waals surface area contributed by atoms with Crippen molar-refractivity contribution in [2.24, 2.45) is 0 Å². The van der Waals surface area contributed by atoms with Crippen molar-refractivity contribution in [2.75, 3.05) is 22.3 Å². The second kappa shape index (κ2) is 11.4. The minimum atomic E-state index is -1.20. The zero-order chi connectivity index (χ0) is 27.0. The molecule has 2 amide bonds. The van der Waals surface area contributed by atoms with Crippen molar-refractivity contribution >= 4 is 99.5 Å². The third kappa shape index (κ3) is 5.37. The molecule has 198 valence electrons. The summed E-state index contributed by atoms with van der Waals surface area (Å²) in [6.07, 6.45) is 4.37. The molecule has 2 unspecified atom stereocenters. The van der Waals surface area contributed by atoms with Gasteiger partial charge in [0.2, 0.25) is 11.7 Å². The SMILES string of the molecule is Nc1cc2nc[nH][n+]2c(SCSC2=C(C(=O)O)N3C(=O)C(NC(=O)CSc4c(Cl)cncc4Cl)C3SC2)n1. The summed E-state index contributed by atoms with van der Waals surface area (Å²) in [5, 5.41) is 16.7. The van der Waals surface area contributed by atoms with Crippen LogP contribution in [-0.4, -0.2) is 75.8 Å². The van der Waals surface area contributed by atoms with Crippen LogP contribution < -0.4 is 15.6 Å². The molecule has 2 aliphatic rings. The average Bonchev–Trinajstić information content (AvgIpc) is 3.35. The van der Waals surface area contributed by atoms with Crippen LogP contribution in [0, 0.1) is 0 Å². The lowest BCUT2D eigenvalue weighted by Gasteiger charge is -2.49. The summed E-state index contributed by atoms with van der Waals surface area (Å²) >= 11 is 17.4. The molecule has 3 aromatic heterocycles. The Bertz CT molecular complexity index is 1470. The van der Waals surface area contributed by atoms with Gasteiger partial charge < -0.3 is 16.2 Å². The molecular weight excluding hydrogens is 615 g/mol. The first-order valence-electron chi connectivity index (χ1n) is 10.6. The number of halogens is 2. The van der Waals surface area contributed by atoms with E-state index in [0.717, 1.165) is 11.8 Å². The highest BCUT2D eigenvalue weighted by Crippen LogP contribution is 2.44. The Kier molecular flexibility index (Phi) is 8.16. The molecule has 5 heterocycles. The number of pyridine rings is 1. The lowest BCUT2D eigenvalue weighted by molar-refractivity contribution is -0.622. The second-order valence-corrected chi connectivity index (χ2v) is 13.0. The predicted molar refractivity (Wildman–Crippen MR) is 147 cm³/mol. The van der Waals surface area contributed by atoms with Gasteiger partial charge in [-0.15, -0.1) is 39.8 Å². The van der Waals surface area contributed by atoms with E-state index in [1.807, 2.05) is 0 Å². The third-order valence-electron chi connectivity index (χ3n) is 5.34. The van der Waals surface area contributed by atoms with Gasteiger partial charge >= 0.3 is 11.1 Å². The van der Waals surface area contributed by atoms with Crippen LogP contribution in [0.15, 0.2) is 45.4 Å². The molecule has 2 atom stereocenters. The fourth-order valence-electron chi connectivity index (χ4n) is 3.70. The normalized spacial score (nSPS) is 18.9. The number of β-lactam (4-membered cyclic amide) rings is 1. The minimum Gasteiger partial charge on any atom is -0.477 e. The highest BCUT2D eigenvalue weighted by atomic mass is 35.5. The number of amides is 2. The molecule has 5 N–H and O–H groups in total. The van der Waals surface area contributed by atoms with Crippen molar-refractivity contribution in [3.05, 3.63) is 45.4 Å². The molecule has 0 bridgehead atoms. The molecule has 12 nitrogen and oxygen atoms in total. The fourth-order valence-corrected chi connectivity index (χ4v) is 8.86. The van der Waals surface area contributed by atoms with E-state index in [2.05, 4.69) is 25.4 Å². The number of anilines is 1. The molecule has 38 heavy (non-hydrogen) atoms. The van der Waals surface area contributed by atoms with Crippen molar-refractivity contribution in [3.8, 4) is 0 Å². The molecule has 1 saturated heterocycles. The number of hydrogen-bond donors (Lipinski definition) is 4. The number of hydrogen-bond acceptors (Lipinski definition) is 11. The Morgan fingerprint density at radius 3 is 2.79 bits per heavy atom. The largest absolute Gasteiger partial charge is 0.477 e. The summed E-state index contributed by atoms with van der Waals surface area (Å²) in [5.41, 5.74) is 6.38. The molecule has 18 heteroatoms. The summed E-state index contributed by atoms with van der Waals surface area (Å²) in [6, 6.07) is 0.803. The molecule has 2 aliphatic heterocycles. The van der Waals surface area contributed by atoms with Gasteiger partial charge in [0.15, 0.2) is 6.33 Å². The highest BCUT2D eigenvalue weighted by molar-refractivity contribution is 8.18. The first kappa shape index (κ1) is 27.2. The van der Waals surface area contributed by atoms with Crippen LogP contribution in [0.1, 0.15) is 0 Å². The van der Waals surface area contributed by atoms with Crippen LogP contribution in [0.2, 0.25) is 10.0 Å². The van der Waals surface area contributed by atoms with Crippen LogP contribution in [0.3, 0.4) is 0 Å². The van der Waals surface area contributed by atoms with Gasteiger partial charge in [-0.05, 0) is 11.8 Å². The number of rotatable bonds is 9. The molecule has 0 aromatic carbocycles. The van der Waals surface area contributed by atoms with Gasteiger partial charge in [-0.25, -0.2) is 9.89 Å². The molecule has 1 fully saturated rings. The molecular formula is C20H17Cl2N8O4S4+. The van der Waals surface area contributed by atoms with Gasteiger partial charge in [0.05, 0.1) is 26.9 Å². The van der Waals surface area contributed by atoms with Gasteiger partial charge in [0.1, 0.15) is 17.1 Å². The number of carboxylic acid groups (broad SMARTS) is 1. The number of H-pyrrole nitrogens is 1. The highest BCUT2D eigenvalue weighted by Gasteiger charge is 2.54. The van der Waals surface area contributed by atoms with Crippen LogP contribution >= 0.6 is 70.2 Å². The molecule has 0 saturated carbocycles. The van der Waals surface area contributed by atoms with Crippen LogP contribution in [0.4, 0.5) is 5.82 Å². The lowest BCUT2D eigenvalue weighted by Crippen LogP contribution is -2.70. The van der Waals surface area contributed by atoms with Gasteiger partial charge in [-0.3, -0.25) is 19.5 Å². The van der Waals surface area contributed by atoms with E-state index in [1.54, 1.807) is 10.6 Å². The van der Waals surface area contributed by atoms with Gasteiger partial charge in [0, 0.05) is 27.9 Å². The number of aliphatic carboxylic acids is 1. The van der Waals surface area contributed by atoms with Crippen molar-refractivity contribution in [1.82, 2.24) is 30.3 Å². The number of aromatic amines is 1. The molecule has 3 aromatic rings. The monoisotopic (exact) mass is 631 g/mol. The Morgan fingerprint density at radius 1 is 1.29 bits per heavy atom. The number of carbonyl (C=O) groups excluding carboxylic acids is 2. The number of fused-ring (bicyclic) bond motifs is 2. The number of carbonyl (C=O) groups is 3. The summed E-state index contributed by atoms with van der Waals surface area (Å²) in [4.78, 5) is 52.2. The first-order valence-corrected chi connectivity index (χ1v) is 15.4. The van der Waals surface area contributed by atoms with E-state index in [-0.39, 0.29) is 11.4 Å². The number of aromatic nitrogens is 5. The number of nitrogens with zero attached hydrogens (tertiary/aromatic N) is 5. The van der Waals surface area contributed by atoms with Crippen molar-refractivity contribution < 1.29 is 24.0 Å². The Morgan fingerprint density at radius 2 is 2.05 bits per heavy atom. The zero-order valence-electron chi connectivity index (χ0n) is 19.0. The van der Waals surface area contributed by atoms with E-state index in [0.29, 0.717) is 47.3 Å². The number of nitrogens with two attached hydrogens (primary N) is 1. The van der Waals surface area contributed by atoms with E-state index in [9.17, 15) is 19.5 Å². The van der Waals surface area contributed by atoms with Crippen LogP contribution in [-0.2, 0) is 14.4 Å². The van der Waals surface area contributed by atoms with E-state index < -0.39 is 29.2 Å². The molecule has 0 spiro atoms. The second-order valence-electron chi connectivity index (χ2n) is 7.70. The molecule has 0 radical (unpaired) electrons. The Labute approximate surface area is 241 Å². The van der Waals surface area contributed by atoms with Crippen LogP contribution in [0.25, 0.3) is 5.65 Å². The fraction of sp³-hybridized carbons (Fsp3) is 0.250. The summed E-state index contributed by atoms with van der Waals surface area (Å²) in [6.45, 7) is 0. The summed E-state index contributed by atoms with van der Waals surface area (Å²) < 4.78 is 1.67. The maximum atomic E-state index is 12.9. The van der Waals surface area contributed by atoms with Crippen LogP contribution in [0.5, 0.6) is 0 Å². The summed E-state index contributed by atoms with van der Waals surface area (Å²) in [7, 11) is 0. The minimum absolute atomic E-state index is 0.0236. The quantitative estimate of drug-likeness (QED) is 0.0892. The Hall–Kier alpha value is -2.37. The van der Waals surface area contributed by atoms with Crippen molar-refractivity contribution in [3.63, 3.8) is 0 Å². The van der Waals surface area contributed by atoms with Gasteiger partial charge in [-0.2, -0.15) is 0 Å². The zero-order valence-corrected chi connectivity index (χ0v) is 23.7. The number of nitrogens with one attached hydrogen (secondary N) is 2. The average molecular weight is 633 g/mol. The topological polar surface area (TPSA) is 171 Å². The molecule has 0 aliphatic carbocycles. The number of nitrogen functional groups attached to an aromatic ring is 1. The van der Waals surface area contributed by atoms with E-state index >= 15 is 0 Å². The lowest BCUT2D eigenvalue weighted by atomic mass is 10.1. The first-order chi connectivity index (χ1) is 18.2. The standard InChI is InChI=1S/C20H16Cl2N8O4S4/c21-8-2-24-3-9(22)16(8)35-5-13(31)28-14-17(32)29-15(19(33)34)10(4-36-18(14)29)37-7-38-20-27-11(23)1-12-25-6-26-30(12)20/h1-3,6,14,18H,4-5,7H2,(H4,23,25,26,28,31,33,34)/p+1.